The van der Waals surface area contributed by atoms with Crippen LogP contribution in [0.4, 0.5) is 10.1 Å². The van der Waals surface area contributed by atoms with Gasteiger partial charge in [-0.05, 0) is 29.6 Å². The summed E-state index contributed by atoms with van der Waals surface area (Å²) in [6.07, 6.45) is 0. The summed E-state index contributed by atoms with van der Waals surface area (Å²) in [6.45, 7) is -0.239. The molecule has 1 heterocycles. The number of halogens is 1. The molecule has 4 nitrogen and oxygen atoms in total. The first-order chi connectivity index (χ1) is 8.65. The predicted molar refractivity (Wildman–Crippen MR) is 68.9 cm³/mol. The lowest BCUT2D eigenvalue weighted by Gasteiger charge is -2.14. The molecule has 0 saturated heterocycles. The normalized spacial score (nSPS) is 12.1. The van der Waals surface area contributed by atoms with E-state index in [1.54, 1.807) is 12.1 Å². The quantitative estimate of drug-likeness (QED) is 0.667. The Balaban J connectivity index is 2.17. The second-order valence-electron chi connectivity index (χ2n) is 3.74. The fourth-order valence-electron chi connectivity index (χ4n) is 1.62. The van der Waals surface area contributed by atoms with Gasteiger partial charge in [-0.2, -0.15) is 0 Å². The molecule has 1 unspecified atom stereocenters. The van der Waals surface area contributed by atoms with Gasteiger partial charge in [0.1, 0.15) is 11.9 Å². The van der Waals surface area contributed by atoms with Crippen LogP contribution >= 0.6 is 11.3 Å². The summed E-state index contributed by atoms with van der Waals surface area (Å²) in [4.78, 5) is 11.1. The fraction of sp³-hybridized carbons (Fsp3) is 0.167. The number of rotatable bonds is 5. The second-order valence-corrected chi connectivity index (χ2v) is 4.72. The first-order valence-electron chi connectivity index (χ1n) is 5.32. The van der Waals surface area contributed by atoms with Gasteiger partial charge >= 0.3 is 0 Å². The van der Waals surface area contributed by atoms with Crippen LogP contribution in [0.5, 0.6) is 0 Å². The molecule has 2 aromatic rings. The molecule has 0 saturated carbocycles. The first-order valence-corrected chi connectivity index (χ1v) is 6.20. The van der Waals surface area contributed by atoms with Crippen molar-refractivity contribution in [2.24, 2.45) is 0 Å². The molecule has 0 amide bonds. The van der Waals surface area contributed by atoms with Gasteiger partial charge in [0.05, 0.1) is 0 Å². The van der Waals surface area contributed by atoms with Crippen molar-refractivity contribution in [3.63, 3.8) is 0 Å². The number of hydrogen-bond acceptors (Lipinski definition) is 4. The molecule has 0 aliphatic heterocycles. The second kappa shape index (κ2) is 5.59. The van der Waals surface area contributed by atoms with Crippen molar-refractivity contribution >= 4 is 17.0 Å². The smallest absolute Gasteiger partial charge is 0.228 e. The van der Waals surface area contributed by atoms with Crippen LogP contribution in [0, 0.1) is 15.9 Å². The van der Waals surface area contributed by atoms with Gasteiger partial charge in [-0.3, -0.25) is 10.1 Å². The summed E-state index contributed by atoms with van der Waals surface area (Å²) >= 11 is 1.44. The van der Waals surface area contributed by atoms with Crippen LogP contribution in [0.15, 0.2) is 41.8 Å². The van der Waals surface area contributed by atoms with E-state index in [4.69, 9.17) is 0 Å². The monoisotopic (exact) mass is 266 g/mol. The molecule has 1 N–H and O–H groups in total. The Hall–Kier alpha value is -1.95. The zero-order valence-corrected chi connectivity index (χ0v) is 10.2. The Bertz CT molecular complexity index is 531. The van der Waals surface area contributed by atoms with Gasteiger partial charge in [0.2, 0.25) is 6.54 Å². The van der Waals surface area contributed by atoms with E-state index < -0.39 is 6.04 Å². The van der Waals surface area contributed by atoms with E-state index >= 15 is 0 Å². The van der Waals surface area contributed by atoms with Crippen molar-refractivity contribution in [3.05, 3.63) is 62.6 Å². The summed E-state index contributed by atoms with van der Waals surface area (Å²) < 4.78 is 13.1. The van der Waals surface area contributed by atoms with Crippen LogP contribution in [-0.2, 0) is 0 Å². The van der Waals surface area contributed by atoms with Crippen molar-refractivity contribution in [1.82, 2.24) is 0 Å². The summed E-state index contributed by atoms with van der Waals surface area (Å²) in [7, 11) is 0. The molecule has 18 heavy (non-hydrogen) atoms. The number of anilines is 1. The van der Waals surface area contributed by atoms with E-state index in [2.05, 4.69) is 5.32 Å². The molecule has 0 spiro atoms. The predicted octanol–water partition coefficient (Wildman–Crippen LogP) is 3.32. The van der Waals surface area contributed by atoms with Gasteiger partial charge in [0.25, 0.3) is 0 Å². The Labute approximate surface area is 107 Å². The van der Waals surface area contributed by atoms with Crippen LogP contribution in [0.3, 0.4) is 0 Å². The molecule has 2 rings (SSSR count). The lowest BCUT2D eigenvalue weighted by molar-refractivity contribution is -0.482. The van der Waals surface area contributed by atoms with Crippen LogP contribution in [0.1, 0.15) is 10.9 Å². The van der Waals surface area contributed by atoms with Crippen molar-refractivity contribution < 1.29 is 9.31 Å². The third kappa shape index (κ3) is 3.27. The van der Waals surface area contributed by atoms with E-state index in [0.717, 1.165) is 4.88 Å². The van der Waals surface area contributed by atoms with Crippen molar-refractivity contribution in [2.75, 3.05) is 11.9 Å². The Morgan fingerprint density at radius 2 is 2.22 bits per heavy atom. The van der Waals surface area contributed by atoms with E-state index in [0.29, 0.717) is 5.69 Å². The fourth-order valence-corrected chi connectivity index (χ4v) is 2.39. The molecule has 6 heteroatoms. The van der Waals surface area contributed by atoms with Crippen LogP contribution in [0.25, 0.3) is 0 Å². The van der Waals surface area contributed by atoms with Gasteiger partial charge in [0.15, 0.2) is 0 Å². The largest absolute Gasteiger partial charge is 0.372 e. The molecule has 1 aromatic heterocycles. The number of nitrogens with one attached hydrogen (secondary N) is 1. The SMILES string of the molecule is O=[N+]([O-])CC(Nc1cccc(F)c1)c1cccs1. The minimum atomic E-state index is -0.443. The van der Waals surface area contributed by atoms with E-state index in [-0.39, 0.29) is 17.3 Å². The molecule has 1 aromatic carbocycles. The summed E-state index contributed by atoms with van der Waals surface area (Å²) in [5.74, 6) is -0.369. The minimum absolute atomic E-state index is 0.239. The number of hydrogen-bond donors (Lipinski definition) is 1. The van der Waals surface area contributed by atoms with Crippen molar-refractivity contribution in [2.45, 2.75) is 6.04 Å². The van der Waals surface area contributed by atoms with Gasteiger partial charge in [-0.25, -0.2) is 4.39 Å². The maximum Gasteiger partial charge on any atom is 0.228 e. The third-order valence-corrected chi connectivity index (χ3v) is 3.37. The van der Waals surface area contributed by atoms with Gasteiger partial charge < -0.3 is 5.32 Å². The topological polar surface area (TPSA) is 55.2 Å². The average Bonchev–Trinajstić information content (AvgIpc) is 2.80. The molecule has 0 aliphatic carbocycles. The molecule has 0 radical (unpaired) electrons. The van der Waals surface area contributed by atoms with Crippen LogP contribution in [-0.4, -0.2) is 11.5 Å². The highest BCUT2D eigenvalue weighted by atomic mass is 32.1. The highest BCUT2D eigenvalue weighted by Crippen LogP contribution is 2.24. The number of nitro groups is 1. The molecular formula is C12H11FN2O2S. The Morgan fingerprint density at radius 3 is 2.83 bits per heavy atom. The van der Waals surface area contributed by atoms with Crippen LogP contribution in [0.2, 0.25) is 0 Å². The number of benzene rings is 1. The maximum absolute atomic E-state index is 13.1. The Kier molecular flexibility index (Phi) is 3.88. The maximum atomic E-state index is 13.1. The van der Waals surface area contributed by atoms with Gasteiger partial charge in [-0.15, -0.1) is 11.3 Å². The Morgan fingerprint density at radius 1 is 1.39 bits per heavy atom. The lowest BCUT2D eigenvalue weighted by Crippen LogP contribution is -2.19. The van der Waals surface area contributed by atoms with Crippen LogP contribution < -0.4 is 5.32 Å². The highest BCUT2D eigenvalue weighted by molar-refractivity contribution is 7.10. The number of nitrogens with zero attached hydrogens (tertiary/aromatic N) is 1. The van der Waals surface area contributed by atoms with E-state index in [1.165, 1.54) is 23.5 Å². The summed E-state index contributed by atoms with van der Waals surface area (Å²) in [5, 5.41) is 15.5. The zero-order valence-electron chi connectivity index (χ0n) is 9.38. The zero-order chi connectivity index (χ0) is 13.0. The first kappa shape index (κ1) is 12.5. The van der Waals surface area contributed by atoms with E-state index in [1.807, 2.05) is 17.5 Å². The minimum Gasteiger partial charge on any atom is -0.372 e. The van der Waals surface area contributed by atoms with E-state index in [9.17, 15) is 14.5 Å². The van der Waals surface area contributed by atoms with Gasteiger partial charge in [-0.1, -0.05) is 12.1 Å². The lowest BCUT2D eigenvalue weighted by atomic mass is 10.2. The highest BCUT2D eigenvalue weighted by Gasteiger charge is 2.18. The molecular weight excluding hydrogens is 255 g/mol. The molecule has 0 aliphatic rings. The number of thiophene rings is 1. The molecule has 0 bridgehead atoms. The van der Waals surface area contributed by atoms with Crippen molar-refractivity contribution in [3.8, 4) is 0 Å². The average molecular weight is 266 g/mol. The summed E-state index contributed by atoms with van der Waals surface area (Å²) in [6, 6.07) is 9.12. The molecule has 0 fully saturated rings. The molecule has 1 atom stereocenters. The molecule has 94 valence electrons. The van der Waals surface area contributed by atoms with Gasteiger partial charge in [0, 0.05) is 15.5 Å². The standard InChI is InChI=1S/C12H11FN2O2S/c13-9-3-1-4-10(7-9)14-11(8-15(16)17)12-5-2-6-18-12/h1-7,11,14H,8H2. The van der Waals surface area contributed by atoms with Crippen molar-refractivity contribution in [1.29, 1.82) is 0 Å². The summed E-state index contributed by atoms with van der Waals surface area (Å²) in [5.41, 5.74) is 0.537. The third-order valence-electron chi connectivity index (χ3n) is 2.38.